The van der Waals surface area contributed by atoms with E-state index in [0.29, 0.717) is 0 Å². The van der Waals surface area contributed by atoms with E-state index in [-0.39, 0.29) is 24.4 Å². The van der Waals surface area contributed by atoms with Crippen molar-refractivity contribution in [2.75, 3.05) is 0 Å². The maximum Gasteiger partial charge on any atom is 0.0383 e. The molecule has 0 aromatic carbocycles. The van der Waals surface area contributed by atoms with Gasteiger partial charge in [-0.1, -0.05) is 34.8 Å². The summed E-state index contributed by atoms with van der Waals surface area (Å²) in [6, 6.07) is 0. The minimum absolute atomic E-state index is 0. The zero-order valence-corrected chi connectivity index (χ0v) is 21.0. The van der Waals surface area contributed by atoms with Crippen LogP contribution in [-0.4, -0.2) is 36.4 Å². The first-order valence-electron chi connectivity index (χ1n) is 7.85. The number of aliphatic carboxylic acids is 2. The van der Waals surface area contributed by atoms with Crippen molar-refractivity contribution in [1.82, 2.24) is 0 Å². The minimum atomic E-state index is -1.08. The summed E-state index contributed by atoms with van der Waals surface area (Å²) in [7, 11) is 0. The second-order valence-corrected chi connectivity index (χ2v) is 5.95. The Bertz CT molecular complexity index is 707. The van der Waals surface area contributed by atoms with Gasteiger partial charge in [0, 0.05) is 70.7 Å². The molecule has 0 aromatic rings. The van der Waals surface area contributed by atoms with Crippen LogP contribution in [0.15, 0.2) is 87.0 Å². The molecule has 4 nitrogen and oxygen atoms in total. The second kappa shape index (κ2) is 23.7. The summed E-state index contributed by atoms with van der Waals surface area (Å²) < 4.78 is 0. The number of carboxylic acids is 2. The Morgan fingerprint density at radius 3 is 0.900 bits per heavy atom. The third-order valence-corrected chi connectivity index (χ3v) is 2.79. The van der Waals surface area contributed by atoms with E-state index >= 15 is 0 Å². The van der Waals surface area contributed by atoms with Crippen molar-refractivity contribution in [3.05, 3.63) is 106 Å². The van der Waals surface area contributed by atoms with E-state index in [9.17, 15) is 0 Å². The van der Waals surface area contributed by atoms with Gasteiger partial charge in [0.05, 0.1) is 0 Å². The average molecular weight is 575 g/mol. The molecule has 0 aliphatic heterocycles. The first-order chi connectivity index (χ1) is 13.6. The molecule has 0 aromatic heterocycles. The van der Waals surface area contributed by atoms with Crippen molar-refractivity contribution in [1.29, 1.82) is 0 Å². The molecule has 0 bridgehead atoms. The molecule has 0 saturated heterocycles. The summed E-state index contributed by atoms with van der Waals surface area (Å²) in [6.45, 7) is 1.94. The van der Waals surface area contributed by atoms with E-state index in [1.54, 1.807) is 73.9 Å². The maximum atomic E-state index is 8.89. The van der Waals surface area contributed by atoms with Gasteiger partial charge in [-0.15, -0.1) is 17.2 Å². The van der Waals surface area contributed by atoms with Gasteiger partial charge in [-0.3, -0.25) is 0 Å². The zero-order valence-electron chi connectivity index (χ0n) is 16.1. The number of hydrogen-bond donors (Lipinski definition) is 0. The summed E-state index contributed by atoms with van der Waals surface area (Å²) in [5.41, 5.74) is 8.55. The largest absolute Gasteiger partial charge is 0.550 e. The molecule has 3 aliphatic rings. The van der Waals surface area contributed by atoms with Gasteiger partial charge < -0.3 is 19.8 Å². The van der Waals surface area contributed by atoms with Crippen molar-refractivity contribution >= 4 is 71.2 Å². The van der Waals surface area contributed by atoms with E-state index < -0.39 is 11.9 Å². The van der Waals surface area contributed by atoms with Gasteiger partial charge >= 0.3 is 0 Å². The molecule has 6 radical (unpaired) electrons. The molecule has 0 atom stereocenters. The van der Waals surface area contributed by atoms with Crippen LogP contribution in [0.2, 0.25) is 0 Å². The van der Waals surface area contributed by atoms with Crippen molar-refractivity contribution in [3.63, 3.8) is 0 Å². The Balaban J connectivity index is -0.000000309. The molecular formula is C22H18Cl3O4Sb-2. The van der Waals surface area contributed by atoms with Gasteiger partial charge in [-0.25, -0.2) is 0 Å². The summed E-state index contributed by atoms with van der Waals surface area (Å²) in [5, 5.41) is 20.1. The van der Waals surface area contributed by atoms with Crippen molar-refractivity contribution in [3.8, 4) is 0 Å². The minimum Gasteiger partial charge on any atom is -0.550 e. The molecule has 3 rings (SSSR count). The van der Waals surface area contributed by atoms with Crippen LogP contribution in [0, 0.1) is 19.3 Å². The monoisotopic (exact) mass is 572 g/mol. The van der Waals surface area contributed by atoms with E-state index in [1.807, 2.05) is 0 Å². The summed E-state index contributed by atoms with van der Waals surface area (Å²) in [6.07, 6.45) is 21.4. The Morgan fingerprint density at radius 1 is 0.633 bits per heavy atom. The molecule has 0 N–H and O–H groups in total. The van der Waals surface area contributed by atoms with Crippen molar-refractivity contribution < 1.29 is 19.8 Å². The molecule has 30 heavy (non-hydrogen) atoms. The molecule has 0 amide bonds. The molecule has 3 aliphatic carbocycles. The van der Waals surface area contributed by atoms with Gasteiger partial charge in [-0.2, -0.15) is 0 Å². The molecule has 0 heterocycles. The number of allylic oxidation sites excluding steroid dienone is 9. The van der Waals surface area contributed by atoms with E-state index in [2.05, 4.69) is 17.2 Å². The van der Waals surface area contributed by atoms with Crippen LogP contribution in [0.3, 0.4) is 0 Å². The van der Waals surface area contributed by atoms with E-state index in [0.717, 1.165) is 28.9 Å². The summed E-state index contributed by atoms with van der Waals surface area (Å²) in [4.78, 5) is 17.8. The Hall–Kier alpha value is -1.59. The topological polar surface area (TPSA) is 80.3 Å². The van der Waals surface area contributed by atoms with Gasteiger partial charge in [0.2, 0.25) is 0 Å². The third-order valence-electron chi connectivity index (χ3n) is 2.03. The second-order valence-electron chi connectivity index (χ2n) is 4.64. The van der Waals surface area contributed by atoms with Crippen LogP contribution in [0.1, 0.15) is 13.8 Å². The van der Waals surface area contributed by atoms with E-state index in [1.165, 1.54) is 0 Å². The third kappa shape index (κ3) is 34.0. The maximum absolute atomic E-state index is 8.89. The molecule has 0 unspecified atom stereocenters. The SMILES string of the molecule is CC(=O)[O-].CC(=O)[O-].ClC1=CC=C=C[CH]1.ClC1=CC=C=C[CH]1.ClC1=CC=C=C[CH]1.[Sb]. The first-order valence-corrected chi connectivity index (χ1v) is 8.98. The number of carboxylic acid groups (broad SMARTS) is 2. The average Bonchev–Trinajstić information content (AvgIpc) is 2.64. The Morgan fingerprint density at radius 2 is 0.833 bits per heavy atom. The van der Waals surface area contributed by atoms with Gasteiger partial charge in [0.15, 0.2) is 0 Å². The molecule has 0 fully saturated rings. The molecule has 158 valence electrons. The van der Waals surface area contributed by atoms with Crippen molar-refractivity contribution in [2.24, 2.45) is 0 Å². The fourth-order valence-electron chi connectivity index (χ4n) is 1.10. The number of halogens is 3. The summed E-state index contributed by atoms with van der Waals surface area (Å²) >= 11 is 16.6. The van der Waals surface area contributed by atoms with Gasteiger partial charge in [-0.05, 0) is 68.5 Å². The normalized spacial score (nSPS) is 13.6. The smallest absolute Gasteiger partial charge is 0.0383 e. The number of rotatable bonds is 0. The fraction of sp³-hybridized carbons (Fsp3) is 0.0909. The first kappa shape index (κ1) is 33.1. The van der Waals surface area contributed by atoms with Crippen LogP contribution in [0.5, 0.6) is 0 Å². The van der Waals surface area contributed by atoms with Crippen LogP contribution >= 0.6 is 34.8 Å². The number of hydrogen-bond acceptors (Lipinski definition) is 4. The molecular weight excluding hydrogens is 556 g/mol. The van der Waals surface area contributed by atoms with Crippen molar-refractivity contribution in [2.45, 2.75) is 13.8 Å². The number of carbonyl (C=O) groups excluding carboxylic acids is 2. The Kier molecular flexibility index (Phi) is 26.1. The summed E-state index contributed by atoms with van der Waals surface area (Å²) in [5.74, 6) is -2.17. The van der Waals surface area contributed by atoms with Gasteiger partial charge in [0.25, 0.3) is 0 Å². The molecule has 0 spiro atoms. The zero-order chi connectivity index (χ0) is 22.5. The fourth-order valence-corrected chi connectivity index (χ4v) is 1.48. The predicted molar refractivity (Wildman–Crippen MR) is 120 cm³/mol. The molecule has 8 heteroatoms. The van der Waals surface area contributed by atoms with Crippen LogP contribution in [0.4, 0.5) is 0 Å². The van der Waals surface area contributed by atoms with Crippen LogP contribution < -0.4 is 10.2 Å². The molecule has 0 saturated carbocycles. The standard InChI is InChI=1S/3C6H4Cl.2C2H4O2.Sb/c3*7-6-4-2-1-3-5-6;2*1-2(3)4;/h3*2-5H;2*1H3,(H,3,4);/p-2. The number of carbonyl (C=O) groups is 2. The Labute approximate surface area is 210 Å². The van der Waals surface area contributed by atoms with Gasteiger partial charge in [0.1, 0.15) is 0 Å². The quantitative estimate of drug-likeness (QED) is 0.329. The van der Waals surface area contributed by atoms with Crippen LogP contribution in [0.25, 0.3) is 0 Å². The van der Waals surface area contributed by atoms with E-state index in [4.69, 9.17) is 54.6 Å². The predicted octanol–water partition coefficient (Wildman–Crippen LogP) is 3.25. The van der Waals surface area contributed by atoms with Crippen LogP contribution in [-0.2, 0) is 9.59 Å².